The van der Waals surface area contributed by atoms with Crippen molar-refractivity contribution in [2.45, 2.75) is 19.3 Å². The molecule has 1 aliphatic carbocycles. The highest BCUT2D eigenvalue weighted by Crippen LogP contribution is 2.28. The van der Waals surface area contributed by atoms with Gasteiger partial charge in [-0.2, -0.15) is 5.10 Å². The van der Waals surface area contributed by atoms with Crippen molar-refractivity contribution in [2.24, 2.45) is 0 Å². The molecule has 0 aliphatic heterocycles. The third-order valence-corrected chi connectivity index (χ3v) is 3.45. The molecule has 0 unspecified atom stereocenters. The van der Waals surface area contributed by atoms with Crippen LogP contribution in [0.1, 0.15) is 28.2 Å². The molecule has 1 heterocycles. The highest BCUT2D eigenvalue weighted by Gasteiger charge is 2.26. The number of methoxy groups -OCH3 is 1. The summed E-state index contributed by atoms with van der Waals surface area (Å²) >= 11 is 0. The van der Waals surface area contributed by atoms with Crippen molar-refractivity contribution in [3.05, 3.63) is 41.2 Å². The minimum Gasteiger partial charge on any atom is -0.497 e. The van der Waals surface area contributed by atoms with Crippen LogP contribution in [0.4, 0.5) is 0 Å². The van der Waals surface area contributed by atoms with Crippen LogP contribution >= 0.6 is 0 Å². The van der Waals surface area contributed by atoms with Crippen molar-refractivity contribution >= 4 is 5.97 Å². The number of aromatic nitrogens is 2. The van der Waals surface area contributed by atoms with Gasteiger partial charge in [-0.05, 0) is 43.5 Å². The minimum atomic E-state index is -0.953. The number of carboxylic acids is 1. The standard InChI is InChI=1S/C14H14N2O3/c1-19-10-7-5-9(6-8-10)16-12-4-2-3-11(12)13(15-16)14(17)18/h5-8H,2-4H2,1H3,(H,17,18). The fourth-order valence-electron chi connectivity index (χ4n) is 2.55. The number of ether oxygens (including phenoxy) is 1. The normalized spacial score (nSPS) is 13.3. The van der Waals surface area contributed by atoms with Gasteiger partial charge in [-0.25, -0.2) is 9.48 Å². The van der Waals surface area contributed by atoms with E-state index in [4.69, 9.17) is 4.74 Å². The first-order valence-corrected chi connectivity index (χ1v) is 6.19. The van der Waals surface area contributed by atoms with Crippen LogP contribution in [0.25, 0.3) is 5.69 Å². The molecule has 0 spiro atoms. The van der Waals surface area contributed by atoms with Gasteiger partial charge in [0.05, 0.1) is 12.8 Å². The second-order valence-corrected chi connectivity index (χ2v) is 4.54. The zero-order chi connectivity index (χ0) is 13.4. The number of hydrogen-bond acceptors (Lipinski definition) is 3. The van der Waals surface area contributed by atoms with E-state index in [2.05, 4.69) is 5.10 Å². The third-order valence-electron chi connectivity index (χ3n) is 3.45. The van der Waals surface area contributed by atoms with E-state index in [1.54, 1.807) is 11.8 Å². The predicted molar refractivity (Wildman–Crippen MR) is 69.1 cm³/mol. The number of benzene rings is 1. The molecule has 0 atom stereocenters. The van der Waals surface area contributed by atoms with E-state index in [9.17, 15) is 9.90 Å². The molecule has 1 aromatic heterocycles. The van der Waals surface area contributed by atoms with E-state index in [0.29, 0.717) is 0 Å². The molecule has 5 heteroatoms. The van der Waals surface area contributed by atoms with E-state index in [1.807, 2.05) is 24.3 Å². The molecule has 1 aliphatic rings. The second-order valence-electron chi connectivity index (χ2n) is 4.54. The molecule has 0 radical (unpaired) electrons. The Kier molecular flexibility index (Phi) is 2.74. The van der Waals surface area contributed by atoms with Gasteiger partial charge in [0.2, 0.25) is 0 Å². The van der Waals surface area contributed by atoms with E-state index in [0.717, 1.165) is 42.0 Å². The highest BCUT2D eigenvalue weighted by molar-refractivity contribution is 5.87. The molecule has 19 heavy (non-hydrogen) atoms. The number of carboxylic acid groups (broad SMARTS) is 1. The van der Waals surface area contributed by atoms with Crippen molar-refractivity contribution in [2.75, 3.05) is 7.11 Å². The summed E-state index contributed by atoms with van der Waals surface area (Å²) in [7, 11) is 1.61. The monoisotopic (exact) mass is 258 g/mol. The zero-order valence-electron chi connectivity index (χ0n) is 10.6. The van der Waals surface area contributed by atoms with Gasteiger partial charge in [0.15, 0.2) is 5.69 Å². The van der Waals surface area contributed by atoms with Crippen molar-refractivity contribution in [1.82, 2.24) is 9.78 Å². The molecule has 0 amide bonds. The van der Waals surface area contributed by atoms with Crippen molar-refractivity contribution in [1.29, 1.82) is 0 Å². The Balaban J connectivity index is 2.09. The second kappa shape index (κ2) is 4.42. The lowest BCUT2D eigenvalue weighted by Crippen LogP contribution is -2.04. The van der Waals surface area contributed by atoms with Gasteiger partial charge in [0.1, 0.15) is 5.75 Å². The fourth-order valence-corrected chi connectivity index (χ4v) is 2.55. The molecule has 0 saturated heterocycles. The molecule has 0 fully saturated rings. The molecule has 5 nitrogen and oxygen atoms in total. The summed E-state index contributed by atoms with van der Waals surface area (Å²) in [6.45, 7) is 0. The lowest BCUT2D eigenvalue weighted by atomic mass is 10.2. The van der Waals surface area contributed by atoms with Crippen LogP contribution in [-0.4, -0.2) is 28.0 Å². The van der Waals surface area contributed by atoms with Crippen molar-refractivity contribution < 1.29 is 14.6 Å². The summed E-state index contributed by atoms with van der Waals surface area (Å²) in [5.74, 6) is -0.184. The minimum absolute atomic E-state index is 0.184. The van der Waals surface area contributed by atoms with Gasteiger partial charge in [-0.15, -0.1) is 0 Å². The maximum atomic E-state index is 11.2. The first-order chi connectivity index (χ1) is 9.20. The summed E-state index contributed by atoms with van der Waals surface area (Å²) in [6.07, 6.45) is 2.67. The molecule has 1 N–H and O–H groups in total. The van der Waals surface area contributed by atoms with Gasteiger partial charge >= 0.3 is 5.97 Å². The number of nitrogens with zero attached hydrogens (tertiary/aromatic N) is 2. The molecule has 1 aromatic carbocycles. The molecular formula is C14H14N2O3. The van der Waals surface area contributed by atoms with Gasteiger partial charge < -0.3 is 9.84 Å². The molecule has 0 bridgehead atoms. The maximum Gasteiger partial charge on any atom is 0.356 e. The Hall–Kier alpha value is -2.30. The summed E-state index contributed by atoms with van der Waals surface area (Å²) in [4.78, 5) is 11.2. The van der Waals surface area contributed by atoms with Crippen LogP contribution in [0.15, 0.2) is 24.3 Å². The Labute approximate surface area is 110 Å². The van der Waals surface area contributed by atoms with E-state index in [1.165, 1.54) is 0 Å². The van der Waals surface area contributed by atoms with Crippen molar-refractivity contribution in [3.63, 3.8) is 0 Å². The molecule has 98 valence electrons. The quantitative estimate of drug-likeness (QED) is 0.915. The van der Waals surface area contributed by atoms with Crippen molar-refractivity contribution in [3.8, 4) is 11.4 Å². The Morgan fingerprint density at radius 3 is 2.68 bits per heavy atom. The van der Waals surface area contributed by atoms with Gasteiger partial charge in [-0.1, -0.05) is 0 Å². The number of rotatable bonds is 3. The van der Waals surface area contributed by atoms with Crippen LogP contribution in [0.3, 0.4) is 0 Å². The van der Waals surface area contributed by atoms with E-state index >= 15 is 0 Å². The first-order valence-electron chi connectivity index (χ1n) is 6.19. The molecule has 3 rings (SSSR count). The summed E-state index contributed by atoms with van der Waals surface area (Å²) in [5.41, 5.74) is 2.95. The lowest BCUT2D eigenvalue weighted by molar-refractivity contribution is 0.0689. The number of carbonyl (C=O) groups is 1. The van der Waals surface area contributed by atoms with Crippen LogP contribution in [0.5, 0.6) is 5.75 Å². The zero-order valence-corrected chi connectivity index (χ0v) is 10.6. The Bertz CT molecular complexity index is 629. The average molecular weight is 258 g/mol. The Morgan fingerprint density at radius 1 is 1.32 bits per heavy atom. The van der Waals surface area contributed by atoms with Crippen LogP contribution in [0.2, 0.25) is 0 Å². The van der Waals surface area contributed by atoms with Gasteiger partial charge in [0, 0.05) is 11.3 Å². The number of hydrogen-bond donors (Lipinski definition) is 1. The van der Waals surface area contributed by atoms with Crippen LogP contribution < -0.4 is 4.74 Å². The Morgan fingerprint density at radius 2 is 2.05 bits per heavy atom. The smallest absolute Gasteiger partial charge is 0.356 e. The van der Waals surface area contributed by atoms with Crippen LogP contribution in [-0.2, 0) is 12.8 Å². The summed E-state index contributed by atoms with van der Waals surface area (Å²) in [6, 6.07) is 7.46. The molecular weight excluding hydrogens is 244 g/mol. The lowest BCUT2D eigenvalue weighted by Gasteiger charge is -2.06. The van der Waals surface area contributed by atoms with E-state index in [-0.39, 0.29) is 5.69 Å². The van der Waals surface area contributed by atoms with E-state index < -0.39 is 5.97 Å². The fraction of sp³-hybridized carbons (Fsp3) is 0.286. The predicted octanol–water partition coefficient (Wildman–Crippen LogP) is 2.07. The molecule has 2 aromatic rings. The summed E-state index contributed by atoms with van der Waals surface area (Å²) < 4.78 is 6.86. The molecule has 0 saturated carbocycles. The third kappa shape index (κ3) is 1.87. The summed E-state index contributed by atoms with van der Waals surface area (Å²) in [5, 5.41) is 13.4. The highest BCUT2D eigenvalue weighted by atomic mass is 16.5. The van der Waals surface area contributed by atoms with Crippen LogP contribution in [0, 0.1) is 0 Å². The number of aromatic carboxylic acids is 1. The average Bonchev–Trinajstić information content (AvgIpc) is 3.00. The first kappa shape index (κ1) is 11.8. The topological polar surface area (TPSA) is 64.4 Å². The maximum absolute atomic E-state index is 11.2. The SMILES string of the molecule is COc1ccc(-n2nc(C(=O)O)c3c2CCC3)cc1. The largest absolute Gasteiger partial charge is 0.497 e. The van der Waals surface area contributed by atoms with Gasteiger partial charge in [0.25, 0.3) is 0 Å². The van der Waals surface area contributed by atoms with Gasteiger partial charge in [-0.3, -0.25) is 0 Å². The number of fused-ring (bicyclic) bond motifs is 1.